The average Bonchev–Trinajstić information content (AvgIpc) is 3.25. The van der Waals surface area contributed by atoms with Gasteiger partial charge in [0.1, 0.15) is 0 Å². The van der Waals surface area contributed by atoms with E-state index < -0.39 is 17.5 Å². The van der Waals surface area contributed by atoms with Gasteiger partial charge < -0.3 is 29.7 Å². The molecule has 0 bridgehead atoms. The molecule has 4 fully saturated rings. The SMILES string of the molecule is CC(C)NC(=O)OCC#Cc1ccc([C@H]2CC3(C)C(O)CCC3C3CC[C@@]4(O)CC5(CCC4=C32)OCC(C)(C)CO5)cc1. The first-order chi connectivity index (χ1) is 20.3. The van der Waals surface area contributed by atoms with Gasteiger partial charge >= 0.3 is 6.09 Å². The van der Waals surface area contributed by atoms with Crippen LogP contribution >= 0.6 is 0 Å². The van der Waals surface area contributed by atoms with Gasteiger partial charge in [0.25, 0.3) is 0 Å². The van der Waals surface area contributed by atoms with E-state index in [0.717, 1.165) is 50.5 Å². The van der Waals surface area contributed by atoms with Crippen molar-refractivity contribution in [2.45, 2.75) is 115 Å². The Balaban J connectivity index is 1.28. The van der Waals surface area contributed by atoms with Gasteiger partial charge in [-0.25, -0.2) is 4.79 Å². The summed E-state index contributed by atoms with van der Waals surface area (Å²) in [6.07, 6.45) is 5.68. The number of nitrogens with one attached hydrogen (secondary N) is 1. The van der Waals surface area contributed by atoms with Crippen LogP contribution in [0, 0.1) is 34.5 Å². The number of allylic oxidation sites excluding steroid dienone is 1. The zero-order valence-corrected chi connectivity index (χ0v) is 26.5. The maximum Gasteiger partial charge on any atom is 0.408 e. The highest BCUT2D eigenvalue weighted by atomic mass is 16.7. The topological polar surface area (TPSA) is 97.3 Å². The van der Waals surface area contributed by atoms with Crippen molar-refractivity contribution in [1.29, 1.82) is 0 Å². The second kappa shape index (κ2) is 11.2. The van der Waals surface area contributed by atoms with E-state index in [1.807, 2.05) is 26.0 Å². The van der Waals surface area contributed by atoms with Crippen molar-refractivity contribution in [2.75, 3.05) is 19.8 Å². The second-order valence-corrected chi connectivity index (χ2v) is 15.2. The Morgan fingerprint density at radius 2 is 1.81 bits per heavy atom. The number of carbonyl (C=O) groups excluding carboxylic acids is 1. The van der Waals surface area contributed by atoms with E-state index in [1.54, 1.807) is 0 Å². The lowest BCUT2D eigenvalue weighted by atomic mass is 9.51. The molecule has 7 nitrogen and oxygen atoms in total. The van der Waals surface area contributed by atoms with Crippen LogP contribution in [0.25, 0.3) is 0 Å². The van der Waals surface area contributed by atoms with E-state index in [1.165, 1.54) is 16.7 Å². The second-order valence-electron chi connectivity index (χ2n) is 15.2. The lowest BCUT2D eigenvalue weighted by Crippen LogP contribution is -2.57. The minimum absolute atomic E-state index is 0.0154. The number of aliphatic hydroxyl groups is 2. The van der Waals surface area contributed by atoms with Crippen molar-refractivity contribution in [3.8, 4) is 11.8 Å². The van der Waals surface area contributed by atoms with Crippen LogP contribution in [0.5, 0.6) is 0 Å². The van der Waals surface area contributed by atoms with Crippen molar-refractivity contribution in [1.82, 2.24) is 5.32 Å². The number of rotatable bonds is 3. The molecule has 1 aliphatic heterocycles. The molecule has 7 heteroatoms. The molecule has 4 unspecified atom stereocenters. The Bertz CT molecular complexity index is 1310. The van der Waals surface area contributed by atoms with Gasteiger partial charge in [0.2, 0.25) is 0 Å². The third-order valence-electron chi connectivity index (χ3n) is 11.0. The molecule has 43 heavy (non-hydrogen) atoms. The van der Waals surface area contributed by atoms with Gasteiger partial charge in [-0.15, -0.1) is 0 Å². The van der Waals surface area contributed by atoms with Crippen LogP contribution < -0.4 is 5.32 Å². The summed E-state index contributed by atoms with van der Waals surface area (Å²) in [7, 11) is 0. The van der Waals surface area contributed by atoms with Crippen molar-refractivity contribution in [3.05, 3.63) is 46.5 Å². The Morgan fingerprint density at radius 1 is 1.09 bits per heavy atom. The van der Waals surface area contributed by atoms with Crippen LogP contribution in [0.4, 0.5) is 4.79 Å². The maximum atomic E-state index is 12.3. The Labute approximate surface area is 256 Å². The molecule has 0 aromatic heterocycles. The molecule has 1 saturated heterocycles. The summed E-state index contributed by atoms with van der Waals surface area (Å²) in [4.78, 5) is 11.7. The fraction of sp³-hybridized carbons (Fsp3) is 0.694. The molecule has 1 heterocycles. The molecule has 4 aliphatic carbocycles. The molecule has 5 aliphatic rings. The summed E-state index contributed by atoms with van der Waals surface area (Å²) in [5.41, 5.74) is 3.61. The zero-order chi connectivity index (χ0) is 30.6. The predicted octanol–water partition coefficient (Wildman–Crippen LogP) is 5.83. The van der Waals surface area contributed by atoms with E-state index >= 15 is 0 Å². The van der Waals surface area contributed by atoms with E-state index in [9.17, 15) is 15.0 Å². The highest BCUT2D eigenvalue weighted by Crippen LogP contribution is 2.65. The van der Waals surface area contributed by atoms with Gasteiger partial charge in [-0.05, 0) is 92.9 Å². The standard InChI is InChI=1S/C36H49NO6/c1-23(2)37-32(39)41-18-6-7-24-8-10-25(11-9-24)27-19-34(5)28(12-13-30(34)38)26-14-16-35(40)20-36(17-15-29(35)31(26)27)42-21-33(3,4)22-43-36/h8-11,23,26-28,30,38,40H,12-22H2,1-5H3,(H,37,39)/t26?,27-,28?,30?,34?,35-/m1/s1. The molecule has 234 valence electrons. The Kier molecular flexibility index (Phi) is 7.99. The molecule has 6 atom stereocenters. The third-order valence-corrected chi connectivity index (χ3v) is 11.0. The number of alkyl carbamates (subject to hydrolysis) is 1. The number of fused-ring (bicyclic) bond motifs is 4. The molecular weight excluding hydrogens is 542 g/mol. The number of amides is 1. The Hall–Kier alpha value is -2.37. The van der Waals surface area contributed by atoms with E-state index in [2.05, 4.69) is 50.1 Å². The first kappa shape index (κ1) is 30.6. The van der Waals surface area contributed by atoms with Crippen LogP contribution in [-0.2, 0) is 14.2 Å². The van der Waals surface area contributed by atoms with Gasteiger partial charge in [0, 0.05) is 35.8 Å². The van der Waals surface area contributed by atoms with Crippen LogP contribution in [0.2, 0.25) is 0 Å². The minimum atomic E-state index is -0.929. The normalized spacial score (nSPS) is 35.8. The number of hydrogen-bond donors (Lipinski definition) is 3. The third kappa shape index (κ3) is 5.77. The Morgan fingerprint density at radius 3 is 2.51 bits per heavy atom. The van der Waals surface area contributed by atoms with Crippen molar-refractivity contribution >= 4 is 6.09 Å². The zero-order valence-electron chi connectivity index (χ0n) is 26.5. The molecule has 1 aromatic rings. The van der Waals surface area contributed by atoms with Gasteiger partial charge in [0.15, 0.2) is 12.4 Å². The minimum Gasteiger partial charge on any atom is -0.436 e. The molecule has 1 spiro atoms. The van der Waals surface area contributed by atoms with Gasteiger partial charge in [0.05, 0.1) is 24.9 Å². The highest BCUT2D eigenvalue weighted by Gasteiger charge is 2.60. The van der Waals surface area contributed by atoms with Gasteiger partial charge in [-0.3, -0.25) is 0 Å². The summed E-state index contributed by atoms with van der Waals surface area (Å²) < 4.78 is 17.9. The predicted molar refractivity (Wildman–Crippen MR) is 164 cm³/mol. The monoisotopic (exact) mass is 591 g/mol. The molecule has 1 aromatic carbocycles. The highest BCUT2D eigenvalue weighted by molar-refractivity contribution is 5.67. The van der Waals surface area contributed by atoms with Crippen molar-refractivity contribution in [3.63, 3.8) is 0 Å². The van der Waals surface area contributed by atoms with Gasteiger partial charge in [-0.2, -0.15) is 0 Å². The number of carbonyl (C=O) groups is 1. The molecule has 1 amide bonds. The summed E-state index contributed by atoms with van der Waals surface area (Å²) >= 11 is 0. The van der Waals surface area contributed by atoms with Crippen LogP contribution in [0.3, 0.4) is 0 Å². The first-order valence-corrected chi connectivity index (χ1v) is 16.3. The summed E-state index contributed by atoms with van der Waals surface area (Å²) in [6, 6.07) is 8.40. The molecule has 3 N–H and O–H groups in total. The summed E-state index contributed by atoms with van der Waals surface area (Å²) in [6.45, 7) is 11.7. The van der Waals surface area contributed by atoms with Crippen molar-refractivity contribution in [2.24, 2.45) is 22.7 Å². The van der Waals surface area contributed by atoms with Gasteiger partial charge in [-0.1, -0.05) is 50.3 Å². The number of aliphatic hydroxyl groups excluding tert-OH is 1. The van der Waals surface area contributed by atoms with E-state index in [0.29, 0.717) is 31.5 Å². The van der Waals surface area contributed by atoms with Crippen LogP contribution in [0.1, 0.15) is 103 Å². The number of ether oxygens (including phenoxy) is 3. The van der Waals surface area contributed by atoms with Crippen LogP contribution in [0.15, 0.2) is 35.4 Å². The molecule has 6 rings (SSSR count). The van der Waals surface area contributed by atoms with Crippen LogP contribution in [-0.4, -0.2) is 59.7 Å². The largest absolute Gasteiger partial charge is 0.436 e. The number of benzene rings is 1. The smallest absolute Gasteiger partial charge is 0.408 e. The number of hydrogen-bond acceptors (Lipinski definition) is 6. The van der Waals surface area contributed by atoms with E-state index in [4.69, 9.17) is 14.2 Å². The molecule has 0 radical (unpaired) electrons. The average molecular weight is 592 g/mol. The quantitative estimate of drug-likeness (QED) is 0.303. The van der Waals surface area contributed by atoms with Crippen molar-refractivity contribution < 1.29 is 29.2 Å². The lowest BCUT2D eigenvalue weighted by Gasteiger charge is -2.57. The summed E-state index contributed by atoms with van der Waals surface area (Å²) in [5.74, 6) is 6.27. The lowest BCUT2D eigenvalue weighted by molar-refractivity contribution is -0.322. The first-order valence-electron chi connectivity index (χ1n) is 16.3. The van der Waals surface area contributed by atoms with E-state index in [-0.39, 0.29) is 35.5 Å². The maximum absolute atomic E-state index is 12.3. The fourth-order valence-corrected chi connectivity index (χ4v) is 8.84. The summed E-state index contributed by atoms with van der Waals surface area (Å²) in [5, 5.41) is 26.2. The molecular formula is C36H49NO6. The fourth-order valence-electron chi connectivity index (χ4n) is 8.84. The molecule has 3 saturated carbocycles.